The van der Waals surface area contributed by atoms with Crippen LogP contribution in [0.1, 0.15) is 38.4 Å². The molecule has 5 heteroatoms. The number of hydrogen-bond acceptors (Lipinski definition) is 4. The normalized spacial score (nSPS) is 12.1. The lowest BCUT2D eigenvalue weighted by atomic mass is 10.2. The van der Waals surface area contributed by atoms with E-state index in [0.717, 1.165) is 24.2 Å². The van der Waals surface area contributed by atoms with Crippen LogP contribution in [0.5, 0.6) is 5.75 Å². The molecular formula is C16H21N3O2. The molecule has 0 bridgehead atoms. The van der Waals surface area contributed by atoms with Crippen molar-refractivity contribution in [2.45, 2.75) is 32.7 Å². The lowest BCUT2D eigenvalue weighted by molar-refractivity contribution is 0.309. The molecule has 21 heavy (non-hydrogen) atoms. The van der Waals surface area contributed by atoms with Crippen LogP contribution in [-0.4, -0.2) is 16.6 Å². The molecule has 0 fully saturated rings. The van der Waals surface area contributed by atoms with Gasteiger partial charge in [-0.15, -0.1) is 0 Å². The molecule has 0 aliphatic carbocycles. The molecular weight excluding hydrogens is 266 g/mol. The number of unbranched alkanes of at least 4 members (excludes halogenated alkanes) is 1. The van der Waals surface area contributed by atoms with E-state index in [-0.39, 0.29) is 11.6 Å². The van der Waals surface area contributed by atoms with Gasteiger partial charge in [0, 0.05) is 17.7 Å². The van der Waals surface area contributed by atoms with Crippen LogP contribution in [0.3, 0.4) is 0 Å². The van der Waals surface area contributed by atoms with Crippen LogP contribution in [0.4, 0.5) is 0 Å². The largest absolute Gasteiger partial charge is 0.494 e. The summed E-state index contributed by atoms with van der Waals surface area (Å²) in [6, 6.07) is 8.67. The van der Waals surface area contributed by atoms with Gasteiger partial charge in [0.15, 0.2) is 0 Å². The smallest absolute Gasteiger partial charge is 0.251 e. The number of nitrogens with two attached hydrogens (primary N) is 1. The lowest BCUT2D eigenvalue weighted by Gasteiger charge is -2.08. The highest BCUT2D eigenvalue weighted by molar-refractivity contribution is 5.56. The fourth-order valence-electron chi connectivity index (χ4n) is 1.89. The van der Waals surface area contributed by atoms with Crippen LogP contribution < -0.4 is 16.0 Å². The minimum Gasteiger partial charge on any atom is -0.494 e. The minimum atomic E-state index is -0.275. The molecule has 0 radical (unpaired) electrons. The van der Waals surface area contributed by atoms with Gasteiger partial charge in [-0.3, -0.25) is 4.79 Å². The quantitative estimate of drug-likeness (QED) is 0.800. The van der Waals surface area contributed by atoms with Crippen LogP contribution >= 0.6 is 0 Å². The predicted octanol–water partition coefficient (Wildman–Crippen LogP) is 2.64. The Morgan fingerprint density at radius 2 is 2.05 bits per heavy atom. The van der Waals surface area contributed by atoms with Gasteiger partial charge in [-0.25, -0.2) is 4.98 Å². The zero-order chi connectivity index (χ0) is 15.2. The number of hydrogen-bond donors (Lipinski definition) is 2. The van der Waals surface area contributed by atoms with Crippen LogP contribution in [0.15, 0.2) is 35.1 Å². The van der Waals surface area contributed by atoms with Gasteiger partial charge in [0.2, 0.25) is 0 Å². The average Bonchev–Trinajstić information content (AvgIpc) is 2.47. The van der Waals surface area contributed by atoms with Crippen molar-refractivity contribution in [3.05, 3.63) is 46.4 Å². The molecule has 1 unspecified atom stereocenters. The molecule has 2 aromatic rings. The van der Waals surface area contributed by atoms with E-state index in [2.05, 4.69) is 16.9 Å². The SMILES string of the molecule is CCCCOc1ccc(-c2nc(C(C)N)cc(=O)[nH]2)cc1. The minimum absolute atomic E-state index is 0.199. The first kappa shape index (κ1) is 15.3. The van der Waals surface area contributed by atoms with Gasteiger partial charge in [0.1, 0.15) is 11.6 Å². The maximum atomic E-state index is 11.7. The van der Waals surface area contributed by atoms with E-state index in [4.69, 9.17) is 10.5 Å². The van der Waals surface area contributed by atoms with Crippen molar-refractivity contribution >= 4 is 0 Å². The molecule has 112 valence electrons. The van der Waals surface area contributed by atoms with Gasteiger partial charge in [-0.05, 0) is 37.6 Å². The summed E-state index contributed by atoms with van der Waals surface area (Å²) in [5.41, 5.74) is 7.00. The Bertz CT molecular complexity index is 633. The number of rotatable bonds is 6. The standard InChI is InChI=1S/C16H21N3O2/c1-3-4-9-21-13-7-5-12(6-8-13)16-18-14(11(2)17)10-15(20)19-16/h5-8,10-11H,3-4,9,17H2,1-2H3,(H,18,19,20). The number of nitrogens with one attached hydrogen (secondary N) is 1. The van der Waals surface area contributed by atoms with Gasteiger partial charge in [-0.1, -0.05) is 13.3 Å². The Labute approximate surface area is 124 Å². The molecule has 1 atom stereocenters. The highest BCUT2D eigenvalue weighted by Gasteiger charge is 2.07. The van der Waals surface area contributed by atoms with E-state index in [9.17, 15) is 4.79 Å². The summed E-state index contributed by atoms with van der Waals surface area (Å²) in [4.78, 5) is 18.8. The summed E-state index contributed by atoms with van der Waals surface area (Å²) in [5, 5.41) is 0. The highest BCUT2D eigenvalue weighted by atomic mass is 16.5. The number of aromatic nitrogens is 2. The zero-order valence-electron chi connectivity index (χ0n) is 12.4. The number of ether oxygens (including phenoxy) is 1. The first-order valence-corrected chi connectivity index (χ1v) is 7.20. The molecule has 2 rings (SSSR count). The van der Waals surface area contributed by atoms with Gasteiger partial charge in [-0.2, -0.15) is 0 Å². The third kappa shape index (κ3) is 4.16. The molecule has 0 saturated heterocycles. The van der Waals surface area contributed by atoms with Crippen molar-refractivity contribution in [3.63, 3.8) is 0 Å². The van der Waals surface area contributed by atoms with Gasteiger partial charge in [0.05, 0.1) is 12.3 Å². The fourth-order valence-corrected chi connectivity index (χ4v) is 1.89. The topological polar surface area (TPSA) is 81.0 Å². The first-order valence-electron chi connectivity index (χ1n) is 7.20. The Balaban J connectivity index is 2.20. The van der Waals surface area contributed by atoms with E-state index in [1.807, 2.05) is 24.3 Å². The van der Waals surface area contributed by atoms with Crippen molar-refractivity contribution in [2.24, 2.45) is 5.73 Å². The molecule has 1 aromatic carbocycles. The predicted molar refractivity (Wildman–Crippen MR) is 83.3 cm³/mol. The molecule has 0 spiro atoms. The molecule has 0 aliphatic rings. The third-order valence-electron chi connectivity index (χ3n) is 3.12. The number of nitrogens with zero attached hydrogens (tertiary/aromatic N) is 1. The van der Waals surface area contributed by atoms with E-state index in [1.165, 1.54) is 6.07 Å². The van der Waals surface area contributed by atoms with Crippen LogP contribution in [0.2, 0.25) is 0 Å². The Morgan fingerprint density at radius 1 is 1.33 bits per heavy atom. The average molecular weight is 287 g/mol. The van der Waals surface area contributed by atoms with Crippen LogP contribution in [-0.2, 0) is 0 Å². The van der Waals surface area contributed by atoms with E-state index in [0.29, 0.717) is 18.1 Å². The van der Waals surface area contributed by atoms with E-state index < -0.39 is 0 Å². The number of aromatic amines is 1. The molecule has 5 nitrogen and oxygen atoms in total. The van der Waals surface area contributed by atoms with E-state index in [1.54, 1.807) is 6.92 Å². The maximum absolute atomic E-state index is 11.7. The number of H-pyrrole nitrogens is 1. The van der Waals surface area contributed by atoms with Crippen LogP contribution in [0.25, 0.3) is 11.4 Å². The van der Waals surface area contributed by atoms with Crippen LogP contribution in [0, 0.1) is 0 Å². The van der Waals surface area contributed by atoms with Crippen molar-refractivity contribution in [3.8, 4) is 17.1 Å². The summed E-state index contributed by atoms with van der Waals surface area (Å²) in [6.45, 7) is 4.64. The second-order valence-electron chi connectivity index (χ2n) is 5.03. The summed E-state index contributed by atoms with van der Waals surface area (Å²) in [6.07, 6.45) is 2.14. The molecule has 0 saturated carbocycles. The van der Waals surface area contributed by atoms with Gasteiger partial charge >= 0.3 is 0 Å². The summed E-state index contributed by atoms with van der Waals surface area (Å²) in [7, 11) is 0. The molecule has 1 aromatic heterocycles. The Morgan fingerprint density at radius 3 is 2.67 bits per heavy atom. The molecule has 0 amide bonds. The molecule has 3 N–H and O–H groups in total. The summed E-state index contributed by atoms with van der Waals surface area (Å²) >= 11 is 0. The Hall–Kier alpha value is -2.14. The Kier molecular flexibility index (Phi) is 5.11. The second-order valence-corrected chi connectivity index (χ2v) is 5.03. The van der Waals surface area contributed by atoms with Crippen molar-refractivity contribution < 1.29 is 4.74 Å². The fraction of sp³-hybridized carbons (Fsp3) is 0.375. The van der Waals surface area contributed by atoms with Crippen molar-refractivity contribution in [1.29, 1.82) is 0 Å². The lowest BCUT2D eigenvalue weighted by Crippen LogP contribution is -2.15. The highest BCUT2D eigenvalue weighted by Crippen LogP contribution is 2.19. The van der Waals surface area contributed by atoms with Crippen molar-refractivity contribution in [2.75, 3.05) is 6.61 Å². The zero-order valence-corrected chi connectivity index (χ0v) is 12.4. The van der Waals surface area contributed by atoms with Crippen molar-refractivity contribution in [1.82, 2.24) is 9.97 Å². The molecule has 0 aliphatic heterocycles. The monoisotopic (exact) mass is 287 g/mol. The third-order valence-corrected chi connectivity index (χ3v) is 3.12. The van der Waals surface area contributed by atoms with Gasteiger partial charge in [0.25, 0.3) is 5.56 Å². The first-order chi connectivity index (χ1) is 10.1. The van der Waals surface area contributed by atoms with Gasteiger partial charge < -0.3 is 15.5 Å². The summed E-state index contributed by atoms with van der Waals surface area (Å²) in [5.74, 6) is 1.34. The maximum Gasteiger partial charge on any atom is 0.251 e. The number of benzene rings is 1. The molecule has 1 heterocycles. The second kappa shape index (κ2) is 7.04. The summed E-state index contributed by atoms with van der Waals surface area (Å²) < 4.78 is 5.61. The van der Waals surface area contributed by atoms with E-state index >= 15 is 0 Å².